The Hall–Kier alpha value is -0.870. The van der Waals surface area contributed by atoms with Crippen LogP contribution in [0.1, 0.15) is 27.2 Å². The molecule has 0 spiro atoms. The van der Waals surface area contributed by atoms with Crippen molar-refractivity contribution >= 4 is 5.91 Å². The van der Waals surface area contributed by atoms with Crippen LogP contribution >= 0.6 is 0 Å². The smallest absolute Gasteiger partial charge is 0.251 e. The number of nitrogens with one attached hydrogen (secondary N) is 1. The van der Waals surface area contributed by atoms with Gasteiger partial charge in [0, 0.05) is 25.2 Å². The fourth-order valence-corrected chi connectivity index (χ4v) is 2.00. The molecule has 0 bridgehead atoms. The SMILES string of the molecule is C=CCCOC(C)C(=O)N1CCNC(C)C1C. The van der Waals surface area contributed by atoms with Crippen LogP contribution in [-0.4, -0.2) is 48.7 Å². The average Bonchev–Trinajstić information content (AvgIpc) is 2.32. The van der Waals surface area contributed by atoms with E-state index in [0.29, 0.717) is 12.6 Å². The number of hydrogen-bond donors (Lipinski definition) is 1. The van der Waals surface area contributed by atoms with Crippen LogP contribution in [0.25, 0.3) is 0 Å². The molecule has 0 aromatic carbocycles. The molecule has 0 aromatic heterocycles. The third-order valence-electron chi connectivity index (χ3n) is 3.35. The lowest BCUT2D eigenvalue weighted by atomic mass is 10.1. The zero-order valence-corrected chi connectivity index (χ0v) is 11.1. The molecule has 1 saturated heterocycles. The minimum absolute atomic E-state index is 0.0925. The van der Waals surface area contributed by atoms with Gasteiger partial charge in [-0.05, 0) is 27.2 Å². The normalized spacial score (nSPS) is 26.6. The molecule has 17 heavy (non-hydrogen) atoms. The molecular weight excluding hydrogens is 216 g/mol. The van der Waals surface area contributed by atoms with Crippen LogP contribution in [0.2, 0.25) is 0 Å². The molecule has 0 aliphatic carbocycles. The summed E-state index contributed by atoms with van der Waals surface area (Å²) in [6, 6.07) is 0.565. The van der Waals surface area contributed by atoms with E-state index in [1.54, 1.807) is 6.08 Å². The topological polar surface area (TPSA) is 41.6 Å². The van der Waals surface area contributed by atoms with Crippen molar-refractivity contribution in [3.05, 3.63) is 12.7 Å². The summed E-state index contributed by atoms with van der Waals surface area (Å²) in [7, 11) is 0. The van der Waals surface area contributed by atoms with Gasteiger partial charge in [-0.3, -0.25) is 4.79 Å². The van der Waals surface area contributed by atoms with Crippen LogP contribution in [0.4, 0.5) is 0 Å². The van der Waals surface area contributed by atoms with Crippen LogP contribution in [-0.2, 0) is 9.53 Å². The summed E-state index contributed by atoms with van der Waals surface area (Å²) in [5, 5.41) is 3.36. The van der Waals surface area contributed by atoms with Crippen molar-refractivity contribution in [1.82, 2.24) is 10.2 Å². The predicted octanol–water partition coefficient (Wildman–Crippen LogP) is 1.18. The van der Waals surface area contributed by atoms with E-state index in [2.05, 4.69) is 25.7 Å². The molecule has 1 rings (SSSR count). The molecule has 0 aromatic rings. The van der Waals surface area contributed by atoms with Crippen LogP contribution in [0.15, 0.2) is 12.7 Å². The fraction of sp³-hybridized carbons (Fsp3) is 0.769. The largest absolute Gasteiger partial charge is 0.368 e. The van der Waals surface area contributed by atoms with Gasteiger partial charge in [0.05, 0.1) is 6.61 Å². The Labute approximate surface area is 104 Å². The molecule has 0 radical (unpaired) electrons. The Morgan fingerprint density at radius 2 is 2.35 bits per heavy atom. The highest BCUT2D eigenvalue weighted by Crippen LogP contribution is 2.11. The second-order valence-corrected chi connectivity index (χ2v) is 4.61. The van der Waals surface area contributed by atoms with E-state index >= 15 is 0 Å². The first kappa shape index (κ1) is 14.2. The van der Waals surface area contributed by atoms with E-state index in [9.17, 15) is 4.79 Å². The number of ether oxygens (including phenoxy) is 1. The summed E-state index contributed by atoms with van der Waals surface area (Å²) >= 11 is 0. The minimum Gasteiger partial charge on any atom is -0.368 e. The molecule has 1 N–H and O–H groups in total. The quantitative estimate of drug-likeness (QED) is 0.579. The van der Waals surface area contributed by atoms with Gasteiger partial charge < -0.3 is 15.0 Å². The zero-order valence-electron chi connectivity index (χ0n) is 11.1. The highest BCUT2D eigenvalue weighted by Gasteiger charge is 2.30. The van der Waals surface area contributed by atoms with E-state index in [1.807, 2.05) is 11.8 Å². The van der Waals surface area contributed by atoms with Gasteiger partial charge in [0.2, 0.25) is 0 Å². The maximum absolute atomic E-state index is 12.2. The van der Waals surface area contributed by atoms with Gasteiger partial charge in [-0.25, -0.2) is 0 Å². The fourth-order valence-electron chi connectivity index (χ4n) is 2.00. The van der Waals surface area contributed by atoms with Gasteiger partial charge in [0.1, 0.15) is 6.10 Å². The summed E-state index contributed by atoms with van der Waals surface area (Å²) in [5.74, 6) is 0.0925. The van der Waals surface area contributed by atoms with Crippen LogP contribution in [0, 0.1) is 0 Å². The second kappa shape index (κ2) is 6.77. The lowest BCUT2D eigenvalue weighted by Gasteiger charge is -2.39. The molecule has 3 atom stereocenters. The number of piperazine rings is 1. The number of rotatable bonds is 5. The lowest BCUT2D eigenvalue weighted by molar-refractivity contribution is -0.146. The average molecular weight is 240 g/mol. The third-order valence-corrected chi connectivity index (χ3v) is 3.35. The van der Waals surface area contributed by atoms with Crippen LogP contribution in [0.5, 0.6) is 0 Å². The predicted molar refractivity (Wildman–Crippen MR) is 68.9 cm³/mol. The van der Waals surface area contributed by atoms with Crippen molar-refractivity contribution in [1.29, 1.82) is 0 Å². The lowest BCUT2D eigenvalue weighted by Crippen LogP contribution is -2.59. The van der Waals surface area contributed by atoms with Crippen LogP contribution < -0.4 is 5.32 Å². The summed E-state index contributed by atoms with van der Waals surface area (Å²) in [6.07, 6.45) is 2.22. The monoisotopic (exact) mass is 240 g/mol. The Morgan fingerprint density at radius 3 is 3.00 bits per heavy atom. The standard InChI is InChI=1S/C13H24N2O2/c1-5-6-9-17-12(4)13(16)15-8-7-14-10(2)11(15)3/h5,10-12,14H,1,6-9H2,2-4H3. The van der Waals surface area contributed by atoms with E-state index < -0.39 is 0 Å². The van der Waals surface area contributed by atoms with Gasteiger partial charge in [-0.2, -0.15) is 0 Å². The Balaban J connectivity index is 2.47. The Bertz CT molecular complexity index is 268. The first-order chi connectivity index (χ1) is 8.07. The number of carbonyl (C=O) groups excluding carboxylic acids is 1. The number of nitrogens with zero attached hydrogens (tertiary/aromatic N) is 1. The minimum atomic E-state index is -0.359. The summed E-state index contributed by atoms with van der Waals surface area (Å²) in [6.45, 7) is 11.8. The van der Waals surface area contributed by atoms with Crippen molar-refractivity contribution in [3.8, 4) is 0 Å². The molecule has 1 heterocycles. The van der Waals surface area contributed by atoms with Crippen molar-refractivity contribution in [2.24, 2.45) is 0 Å². The van der Waals surface area contributed by atoms with Crippen molar-refractivity contribution in [3.63, 3.8) is 0 Å². The molecule has 1 fully saturated rings. The van der Waals surface area contributed by atoms with Gasteiger partial charge in [-0.15, -0.1) is 6.58 Å². The van der Waals surface area contributed by atoms with Crippen molar-refractivity contribution in [2.75, 3.05) is 19.7 Å². The van der Waals surface area contributed by atoms with E-state index in [4.69, 9.17) is 4.74 Å². The molecule has 4 heteroatoms. The van der Waals surface area contributed by atoms with Crippen LogP contribution in [0.3, 0.4) is 0 Å². The maximum atomic E-state index is 12.2. The Morgan fingerprint density at radius 1 is 1.65 bits per heavy atom. The third kappa shape index (κ3) is 3.82. The molecule has 0 saturated carbocycles. The molecular formula is C13H24N2O2. The highest BCUT2D eigenvalue weighted by molar-refractivity contribution is 5.81. The van der Waals surface area contributed by atoms with Gasteiger partial charge >= 0.3 is 0 Å². The Kier molecular flexibility index (Phi) is 5.65. The summed E-state index contributed by atoms with van der Waals surface area (Å²) < 4.78 is 5.50. The number of hydrogen-bond acceptors (Lipinski definition) is 3. The first-order valence-corrected chi connectivity index (χ1v) is 6.34. The maximum Gasteiger partial charge on any atom is 0.251 e. The number of carbonyl (C=O) groups is 1. The van der Waals surface area contributed by atoms with E-state index in [-0.39, 0.29) is 18.1 Å². The molecule has 98 valence electrons. The molecule has 3 unspecified atom stereocenters. The van der Waals surface area contributed by atoms with E-state index in [0.717, 1.165) is 19.5 Å². The second-order valence-electron chi connectivity index (χ2n) is 4.61. The summed E-state index contributed by atoms with van der Waals surface area (Å²) in [4.78, 5) is 14.1. The van der Waals surface area contributed by atoms with Gasteiger partial charge in [0.15, 0.2) is 0 Å². The molecule has 1 amide bonds. The van der Waals surface area contributed by atoms with Gasteiger partial charge in [0.25, 0.3) is 5.91 Å². The van der Waals surface area contributed by atoms with E-state index in [1.165, 1.54) is 0 Å². The number of amides is 1. The molecule has 4 nitrogen and oxygen atoms in total. The zero-order chi connectivity index (χ0) is 12.8. The van der Waals surface area contributed by atoms with Crippen molar-refractivity contribution < 1.29 is 9.53 Å². The van der Waals surface area contributed by atoms with Gasteiger partial charge in [-0.1, -0.05) is 6.08 Å². The first-order valence-electron chi connectivity index (χ1n) is 6.34. The highest BCUT2D eigenvalue weighted by atomic mass is 16.5. The molecule has 1 aliphatic rings. The summed E-state index contributed by atoms with van der Waals surface area (Å²) in [5.41, 5.74) is 0. The molecule has 1 aliphatic heterocycles. The van der Waals surface area contributed by atoms with Crippen molar-refractivity contribution in [2.45, 2.75) is 45.4 Å².